The van der Waals surface area contributed by atoms with Crippen molar-refractivity contribution in [3.8, 4) is 0 Å². The van der Waals surface area contributed by atoms with Gasteiger partial charge in [0.15, 0.2) is 0 Å². The summed E-state index contributed by atoms with van der Waals surface area (Å²) in [5.74, 6) is -12.9. The lowest BCUT2D eigenvalue weighted by Crippen LogP contribution is -2.53. The zero-order valence-electron chi connectivity index (χ0n) is 8.83. The SMILES string of the molecule is CCOC(=O)C(I)CC(F)(F)C(F)(F)C(F)(F)F. The summed E-state index contributed by atoms with van der Waals surface area (Å²) < 4.78 is 88.5. The number of carbonyl (C=O) groups excluding carboxylic acids is 1. The highest BCUT2D eigenvalue weighted by atomic mass is 127. The van der Waals surface area contributed by atoms with Crippen molar-refractivity contribution in [2.45, 2.75) is 35.3 Å². The largest absolute Gasteiger partial charge is 0.465 e. The molecule has 0 aromatic heterocycles. The van der Waals surface area contributed by atoms with Gasteiger partial charge in [0.05, 0.1) is 6.61 Å². The average Bonchev–Trinajstić information content (AvgIpc) is 2.15. The number of halogens is 8. The fraction of sp³-hybridized carbons (Fsp3) is 0.875. The van der Waals surface area contributed by atoms with Gasteiger partial charge in [0.25, 0.3) is 0 Å². The second-order valence-corrected chi connectivity index (χ2v) is 4.70. The van der Waals surface area contributed by atoms with Gasteiger partial charge in [-0.1, -0.05) is 22.6 Å². The molecule has 10 heteroatoms. The van der Waals surface area contributed by atoms with Crippen molar-refractivity contribution < 1.29 is 40.3 Å². The Labute approximate surface area is 111 Å². The third-order valence-electron chi connectivity index (χ3n) is 1.79. The highest BCUT2D eigenvalue weighted by Crippen LogP contribution is 2.49. The van der Waals surface area contributed by atoms with Gasteiger partial charge < -0.3 is 4.74 Å². The topological polar surface area (TPSA) is 26.3 Å². The van der Waals surface area contributed by atoms with Crippen LogP contribution in [0, 0.1) is 0 Å². The molecule has 0 aromatic rings. The standard InChI is InChI=1S/C8H8F7IO2/c1-2-18-5(17)4(16)3-6(9,10)7(11,12)8(13,14)15/h4H,2-3H2,1H3. The minimum absolute atomic E-state index is 0.195. The van der Waals surface area contributed by atoms with Crippen molar-refractivity contribution >= 4 is 28.6 Å². The zero-order valence-corrected chi connectivity index (χ0v) is 11.0. The number of hydrogen-bond acceptors (Lipinski definition) is 2. The number of rotatable bonds is 5. The molecule has 0 aromatic carbocycles. The van der Waals surface area contributed by atoms with E-state index in [1.54, 1.807) is 0 Å². The van der Waals surface area contributed by atoms with Crippen molar-refractivity contribution in [1.82, 2.24) is 0 Å². The van der Waals surface area contributed by atoms with Gasteiger partial charge in [-0.15, -0.1) is 0 Å². The van der Waals surface area contributed by atoms with Crippen molar-refractivity contribution in [2.75, 3.05) is 6.61 Å². The van der Waals surface area contributed by atoms with Crippen LogP contribution in [0.2, 0.25) is 0 Å². The fourth-order valence-corrected chi connectivity index (χ4v) is 1.61. The third-order valence-corrected chi connectivity index (χ3v) is 2.74. The number of ether oxygens (including phenoxy) is 1. The Balaban J connectivity index is 4.91. The van der Waals surface area contributed by atoms with E-state index in [1.807, 2.05) is 0 Å². The van der Waals surface area contributed by atoms with Crippen LogP contribution in [0.1, 0.15) is 13.3 Å². The Morgan fingerprint density at radius 1 is 1.17 bits per heavy atom. The second-order valence-electron chi connectivity index (χ2n) is 3.20. The molecular weight excluding hydrogens is 388 g/mol. The molecule has 18 heavy (non-hydrogen) atoms. The second kappa shape index (κ2) is 5.78. The van der Waals surface area contributed by atoms with Gasteiger partial charge in [-0.05, 0) is 6.92 Å². The van der Waals surface area contributed by atoms with Crippen molar-refractivity contribution in [3.05, 3.63) is 0 Å². The van der Waals surface area contributed by atoms with Gasteiger partial charge in [-0.25, -0.2) is 0 Å². The molecule has 0 heterocycles. The minimum Gasteiger partial charge on any atom is -0.465 e. The van der Waals surface area contributed by atoms with E-state index in [2.05, 4.69) is 4.74 Å². The molecular formula is C8H8F7IO2. The summed E-state index contributed by atoms with van der Waals surface area (Å²) in [7, 11) is 0. The number of alkyl halides is 8. The van der Waals surface area contributed by atoms with Crippen LogP contribution in [0.15, 0.2) is 0 Å². The Morgan fingerprint density at radius 3 is 1.94 bits per heavy atom. The Morgan fingerprint density at radius 2 is 1.61 bits per heavy atom. The molecule has 0 bridgehead atoms. The van der Waals surface area contributed by atoms with E-state index >= 15 is 0 Å². The molecule has 0 aliphatic heterocycles. The van der Waals surface area contributed by atoms with Crippen LogP contribution >= 0.6 is 22.6 Å². The van der Waals surface area contributed by atoms with Crippen LogP contribution in [0.5, 0.6) is 0 Å². The number of esters is 1. The first-order valence-electron chi connectivity index (χ1n) is 4.50. The van der Waals surface area contributed by atoms with E-state index in [1.165, 1.54) is 6.92 Å². The van der Waals surface area contributed by atoms with Crippen molar-refractivity contribution in [1.29, 1.82) is 0 Å². The van der Waals surface area contributed by atoms with Gasteiger partial charge in [0, 0.05) is 6.42 Å². The van der Waals surface area contributed by atoms with Crippen LogP contribution in [-0.4, -0.2) is 34.5 Å². The molecule has 0 N–H and O–H groups in total. The zero-order chi connectivity index (χ0) is 14.8. The van der Waals surface area contributed by atoms with E-state index < -0.39 is 34.3 Å². The molecule has 108 valence electrons. The molecule has 0 fully saturated rings. The van der Waals surface area contributed by atoms with Crippen LogP contribution in [0.4, 0.5) is 30.7 Å². The Bertz CT molecular complexity index is 302. The highest BCUT2D eigenvalue weighted by Gasteiger charge is 2.73. The molecule has 0 aliphatic rings. The van der Waals surface area contributed by atoms with Gasteiger partial charge in [0.1, 0.15) is 3.92 Å². The molecule has 0 saturated carbocycles. The normalized spacial score (nSPS) is 15.4. The lowest BCUT2D eigenvalue weighted by Gasteiger charge is -2.29. The summed E-state index contributed by atoms with van der Waals surface area (Å²) in [5.41, 5.74) is 0. The molecule has 0 aliphatic carbocycles. The Hall–Kier alpha value is -0.290. The summed E-state index contributed by atoms with van der Waals surface area (Å²) >= 11 is 1.03. The summed E-state index contributed by atoms with van der Waals surface area (Å²) in [5, 5.41) is 0. The van der Waals surface area contributed by atoms with Crippen LogP contribution < -0.4 is 0 Å². The van der Waals surface area contributed by atoms with E-state index in [-0.39, 0.29) is 6.61 Å². The van der Waals surface area contributed by atoms with E-state index in [0.717, 1.165) is 22.6 Å². The van der Waals surface area contributed by atoms with E-state index in [4.69, 9.17) is 0 Å². The maximum atomic E-state index is 12.9. The van der Waals surface area contributed by atoms with Gasteiger partial charge in [0.2, 0.25) is 0 Å². The lowest BCUT2D eigenvalue weighted by molar-refractivity contribution is -0.355. The van der Waals surface area contributed by atoms with Crippen LogP contribution in [0.25, 0.3) is 0 Å². The molecule has 0 spiro atoms. The van der Waals surface area contributed by atoms with E-state index in [0.29, 0.717) is 0 Å². The summed E-state index contributed by atoms with van der Waals surface area (Å²) in [6.45, 7) is 1.14. The fourth-order valence-electron chi connectivity index (χ4n) is 0.877. The quantitative estimate of drug-likeness (QED) is 0.308. The maximum absolute atomic E-state index is 12.9. The average molecular weight is 396 g/mol. The first kappa shape index (κ1) is 17.7. The van der Waals surface area contributed by atoms with Gasteiger partial charge in [-0.3, -0.25) is 4.79 Å². The van der Waals surface area contributed by atoms with Crippen molar-refractivity contribution in [3.63, 3.8) is 0 Å². The molecule has 0 amide bonds. The third kappa shape index (κ3) is 3.85. The molecule has 1 unspecified atom stereocenters. The van der Waals surface area contributed by atoms with Crippen LogP contribution in [0.3, 0.4) is 0 Å². The van der Waals surface area contributed by atoms with Crippen LogP contribution in [-0.2, 0) is 9.53 Å². The van der Waals surface area contributed by atoms with E-state index in [9.17, 15) is 35.5 Å². The number of hydrogen-bond donors (Lipinski definition) is 0. The molecule has 0 radical (unpaired) electrons. The Kier molecular flexibility index (Phi) is 5.69. The van der Waals surface area contributed by atoms with Crippen molar-refractivity contribution in [2.24, 2.45) is 0 Å². The monoisotopic (exact) mass is 396 g/mol. The smallest absolute Gasteiger partial charge is 0.459 e. The summed E-state index contributed by atoms with van der Waals surface area (Å²) in [4.78, 5) is 10.9. The summed E-state index contributed by atoms with van der Waals surface area (Å²) in [6.07, 6.45) is -8.35. The predicted molar refractivity (Wildman–Crippen MR) is 55.0 cm³/mol. The highest BCUT2D eigenvalue weighted by molar-refractivity contribution is 14.1. The predicted octanol–water partition coefficient (Wildman–Crippen LogP) is 3.58. The van der Waals surface area contributed by atoms with Gasteiger partial charge >= 0.3 is 24.0 Å². The molecule has 1 atom stereocenters. The lowest BCUT2D eigenvalue weighted by atomic mass is 10.1. The summed E-state index contributed by atoms with van der Waals surface area (Å²) in [6, 6.07) is 0. The molecule has 0 saturated heterocycles. The molecule has 0 rings (SSSR count). The molecule has 2 nitrogen and oxygen atoms in total. The maximum Gasteiger partial charge on any atom is 0.459 e. The first-order chi connectivity index (χ1) is 7.87. The first-order valence-corrected chi connectivity index (χ1v) is 5.74. The van der Waals surface area contributed by atoms with Gasteiger partial charge in [-0.2, -0.15) is 30.7 Å². The minimum atomic E-state index is -6.39. The number of carbonyl (C=O) groups is 1.